The number of dihydropyridines is 1. The number of nitro benzene ring substituents is 1. The average molecular weight is 533 g/mol. The van der Waals surface area contributed by atoms with Gasteiger partial charge in [-0.1, -0.05) is 18.2 Å². The monoisotopic (exact) mass is 532 g/mol. The van der Waals surface area contributed by atoms with Crippen molar-refractivity contribution in [1.29, 1.82) is 0 Å². The van der Waals surface area contributed by atoms with Crippen LogP contribution in [0.25, 0.3) is 0 Å². The van der Waals surface area contributed by atoms with Crippen molar-refractivity contribution >= 4 is 17.4 Å². The van der Waals surface area contributed by atoms with Gasteiger partial charge < -0.3 is 19.5 Å². The molecule has 3 aliphatic rings. The molecule has 2 atom stereocenters. The van der Waals surface area contributed by atoms with Gasteiger partial charge >= 0.3 is 5.97 Å². The summed E-state index contributed by atoms with van der Waals surface area (Å²) >= 11 is 0. The van der Waals surface area contributed by atoms with E-state index in [1.165, 1.54) is 12.1 Å². The number of esters is 1. The maximum atomic E-state index is 13.8. The van der Waals surface area contributed by atoms with Crippen LogP contribution in [0, 0.1) is 10.1 Å². The standard InChI is InChI=1S/C30H32N2O7/c1-17-27(30(34)39-22-9-4-5-10-22)28(19-7-6-8-21(13-19)32(35)36)29-23(31-17)14-20(15-24(29)33)18-11-12-25(37-2)26(16-18)38-3/h6-8,11-13,16,20,22,28,31H,4-5,9-10,14-15H2,1-3H3/t20-,28+/m1/s1. The van der Waals surface area contributed by atoms with Gasteiger partial charge in [0.15, 0.2) is 17.3 Å². The molecular formula is C30H32N2O7. The lowest BCUT2D eigenvalue weighted by atomic mass is 9.71. The molecule has 2 aromatic rings. The maximum Gasteiger partial charge on any atom is 0.337 e. The fraction of sp³-hybridized carbons (Fsp3) is 0.400. The number of allylic oxidation sites excluding steroid dienone is 3. The molecule has 1 fully saturated rings. The second-order valence-corrected chi connectivity index (χ2v) is 10.3. The number of ether oxygens (including phenoxy) is 3. The predicted octanol–water partition coefficient (Wildman–Crippen LogP) is 5.46. The highest BCUT2D eigenvalue weighted by Crippen LogP contribution is 2.47. The normalized spacial score (nSPS) is 21.4. The quantitative estimate of drug-likeness (QED) is 0.284. The van der Waals surface area contributed by atoms with Crippen molar-refractivity contribution in [1.82, 2.24) is 5.32 Å². The van der Waals surface area contributed by atoms with E-state index in [4.69, 9.17) is 14.2 Å². The van der Waals surface area contributed by atoms with Crippen molar-refractivity contribution in [3.63, 3.8) is 0 Å². The predicted molar refractivity (Wildman–Crippen MR) is 144 cm³/mol. The van der Waals surface area contributed by atoms with Gasteiger partial charge in [-0.05, 0) is 68.2 Å². The van der Waals surface area contributed by atoms with Gasteiger partial charge in [-0.15, -0.1) is 0 Å². The lowest BCUT2D eigenvalue weighted by molar-refractivity contribution is -0.384. The van der Waals surface area contributed by atoms with Crippen LogP contribution >= 0.6 is 0 Å². The molecule has 0 spiro atoms. The molecule has 2 aromatic carbocycles. The minimum atomic E-state index is -0.756. The highest BCUT2D eigenvalue weighted by atomic mass is 16.6. The molecule has 0 unspecified atom stereocenters. The zero-order chi connectivity index (χ0) is 27.7. The van der Waals surface area contributed by atoms with Crippen molar-refractivity contribution in [2.75, 3.05) is 14.2 Å². The molecule has 0 saturated heterocycles. The van der Waals surface area contributed by atoms with Gasteiger partial charge in [-0.3, -0.25) is 14.9 Å². The molecule has 0 bridgehead atoms. The second kappa shape index (κ2) is 10.9. The number of nitro groups is 1. The summed E-state index contributed by atoms with van der Waals surface area (Å²) in [7, 11) is 3.14. The number of Topliss-reactive ketones (excluding diaryl/α,β-unsaturated/α-hetero) is 1. The number of benzene rings is 2. The van der Waals surface area contributed by atoms with E-state index in [9.17, 15) is 19.7 Å². The first-order valence-corrected chi connectivity index (χ1v) is 13.2. The molecule has 9 nitrogen and oxygen atoms in total. The van der Waals surface area contributed by atoms with E-state index in [-0.39, 0.29) is 29.9 Å². The Balaban J connectivity index is 1.55. The largest absolute Gasteiger partial charge is 0.493 e. The molecule has 1 heterocycles. The zero-order valence-corrected chi connectivity index (χ0v) is 22.3. The van der Waals surface area contributed by atoms with Crippen LogP contribution in [0.1, 0.15) is 68.4 Å². The molecule has 9 heteroatoms. The smallest absolute Gasteiger partial charge is 0.337 e. The summed E-state index contributed by atoms with van der Waals surface area (Å²) in [5.74, 6) is -0.276. The van der Waals surface area contributed by atoms with E-state index in [1.54, 1.807) is 33.3 Å². The Morgan fingerprint density at radius 3 is 2.44 bits per heavy atom. The van der Waals surface area contributed by atoms with Crippen LogP contribution in [0.5, 0.6) is 11.5 Å². The van der Waals surface area contributed by atoms with E-state index in [0.29, 0.717) is 40.3 Å². The Bertz CT molecular complexity index is 1390. The van der Waals surface area contributed by atoms with Gasteiger partial charge in [0, 0.05) is 41.4 Å². The van der Waals surface area contributed by atoms with Gasteiger partial charge in [-0.2, -0.15) is 0 Å². The molecule has 204 valence electrons. The number of ketones is 1. The van der Waals surface area contributed by atoms with E-state index < -0.39 is 16.8 Å². The fourth-order valence-electron chi connectivity index (χ4n) is 6.02. The number of hydrogen-bond donors (Lipinski definition) is 1. The molecule has 5 rings (SSSR count). The van der Waals surface area contributed by atoms with Gasteiger partial charge in [0.1, 0.15) is 6.10 Å². The number of non-ortho nitro benzene ring substituents is 1. The topological polar surface area (TPSA) is 117 Å². The van der Waals surface area contributed by atoms with Crippen molar-refractivity contribution in [3.8, 4) is 11.5 Å². The van der Waals surface area contributed by atoms with E-state index in [1.807, 2.05) is 18.2 Å². The summed E-state index contributed by atoms with van der Waals surface area (Å²) in [6.45, 7) is 1.80. The summed E-state index contributed by atoms with van der Waals surface area (Å²) in [6, 6.07) is 11.8. The number of carbonyl (C=O) groups excluding carboxylic acids is 2. The summed E-state index contributed by atoms with van der Waals surface area (Å²) in [4.78, 5) is 38.5. The van der Waals surface area contributed by atoms with Crippen molar-refractivity contribution < 1.29 is 28.7 Å². The third kappa shape index (κ3) is 5.13. The van der Waals surface area contributed by atoms with E-state index in [2.05, 4.69) is 5.32 Å². The highest BCUT2D eigenvalue weighted by Gasteiger charge is 2.42. The molecule has 0 amide bonds. The van der Waals surface area contributed by atoms with Gasteiger partial charge in [0.05, 0.1) is 24.7 Å². The fourth-order valence-corrected chi connectivity index (χ4v) is 6.02. The first-order chi connectivity index (χ1) is 18.8. The van der Waals surface area contributed by atoms with Crippen LogP contribution in [0.4, 0.5) is 5.69 Å². The Morgan fingerprint density at radius 1 is 1.00 bits per heavy atom. The molecule has 1 saturated carbocycles. The third-order valence-electron chi connectivity index (χ3n) is 7.92. The first-order valence-electron chi connectivity index (χ1n) is 13.2. The van der Waals surface area contributed by atoms with E-state index >= 15 is 0 Å². The number of rotatable bonds is 7. The highest BCUT2D eigenvalue weighted by molar-refractivity contribution is 6.04. The van der Waals surface area contributed by atoms with Crippen LogP contribution in [0.15, 0.2) is 65.0 Å². The van der Waals surface area contributed by atoms with Gasteiger partial charge in [0.25, 0.3) is 5.69 Å². The van der Waals surface area contributed by atoms with Crippen LogP contribution in [-0.2, 0) is 14.3 Å². The van der Waals surface area contributed by atoms with Crippen LogP contribution in [0.2, 0.25) is 0 Å². The number of carbonyl (C=O) groups is 2. The van der Waals surface area contributed by atoms with Crippen LogP contribution < -0.4 is 14.8 Å². The Kier molecular flexibility index (Phi) is 7.41. The Hall–Kier alpha value is -4.14. The minimum Gasteiger partial charge on any atom is -0.493 e. The molecule has 0 radical (unpaired) electrons. The molecule has 1 aliphatic heterocycles. The Morgan fingerprint density at radius 2 is 1.74 bits per heavy atom. The number of nitrogens with one attached hydrogen (secondary N) is 1. The lowest BCUT2D eigenvalue weighted by Crippen LogP contribution is -2.36. The summed E-state index contributed by atoms with van der Waals surface area (Å²) < 4.78 is 16.7. The summed E-state index contributed by atoms with van der Waals surface area (Å²) in [5.41, 5.74) is 3.48. The van der Waals surface area contributed by atoms with Crippen molar-refractivity contribution in [3.05, 3.63) is 86.2 Å². The van der Waals surface area contributed by atoms with Gasteiger partial charge in [-0.25, -0.2) is 4.79 Å². The number of nitrogens with zero attached hydrogens (tertiary/aromatic N) is 1. The van der Waals surface area contributed by atoms with Crippen molar-refractivity contribution in [2.45, 2.75) is 63.4 Å². The Labute approximate surface area is 227 Å². The summed E-state index contributed by atoms with van der Waals surface area (Å²) in [6.07, 6.45) is 4.24. The SMILES string of the molecule is COc1ccc([C@H]2CC(=O)C3=C(C2)NC(C)=C(C(=O)OC2CCCC2)[C@@H]3c2cccc([N+](=O)[O-])c2)cc1OC. The van der Waals surface area contributed by atoms with Crippen LogP contribution in [-0.4, -0.2) is 37.0 Å². The molecule has 2 aliphatic carbocycles. The number of methoxy groups -OCH3 is 2. The minimum absolute atomic E-state index is 0.0965. The third-order valence-corrected chi connectivity index (χ3v) is 7.92. The zero-order valence-electron chi connectivity index (χ0n) is 22.3. The summed E-state index contributed by atoms with van der Waals surface area (Å²) in [5, 5.41) is 14.9. The molecule has 0 aromatic heterocycles. The van der Waals surface area contributed by atoms with Gasteiger partial charge in [0.2, 0.25) is 0 Å². The molecule has 1 N–H and O–H groups in total. The molecule has 39 heavy (non-hydrogen) atoms. The average Bonchev–Trinajstić information content (AvgIpc) is 3.44. The van der Waals surface area contributed by atoms with Crippen molar-refractivity contribution in [2.24, 2.45) is 0 Å². The number of hydrogen-bond acceptors (Lipinski definition) is 8. The first kappa shape index (κ1) is 26.5. The lowest BCUT2D eigenvalue weighted by Gasteiger charge is -2.37. The molecular weight excluding hydrogens is 500 g/mol. The maximum absolute atomic E-state index is 13.8. The second-order valence-electron chi connectivity index (χ2n) is 10.3. The van der Waals surface area contributed by atoms with Crippen LogP contribution in [0.3, 0.4) is 0 Å². The van der Waals surface area contributed by atoms with E-state index in [0.717, 1.165) is 36.9 Å².